The van der Waals surface area contributed by atoms with Crippen molar-refractivity contribution in [2.45, 2.75) is 0 Å². The van der Waals surface area contributed by atoms with Crippen molar-refractivity contribution >= 4 is 65.3 Å². The minimum atomic E-state index is 0.684. The van der Waals surface area contributed by atoms with E-state index in [0.717, 1.165) is 83.6 Å². The van der Waals surface area contributed by atoms with Crippen LogP contribution >= 0.6 is 0 Å². The van der Waals surface area contributed by atoms with Crippen LogP contribution in [-0.2, 0) is 0 Å². The maximum Gasteiger partial charge on any atom is 0.160 e. The van der Waals surface area contributed by atoms with Gasteiger partial charge in [0, 0.05) is 65.9 Å². The lowest BCUT2D eigenvalue weighted by Gasteiger charge is -2.14. The van der Waals surface area contributed by atoms with E-state index >= 15 is 0 Å². The molecule has 0 unspecified atom stereocenters. The molecule has 0 aliphatic rings. The zero-order valence-electron chi connectivity index (χ0n) is 37.9. The average molecular weight is 892 g/mol. The molecular weight excluding hydrogens is 851 g/mol. The smallest absolute Gasteiger partial charge is 0.160 e. The molecule has 0 amide bonds. The molecule has 4 aromatic heterocycles. The van der Waals surface area contributed by atoms with Crippen LogP contribution in [0.1, 0.15) is 0 Å². The summed E-state index contributed by atoms with van der Waals surface area (Å²) in [5.41, 5.74) is 16.8. The molecule has 4 heterocycles. The van der Waals surface area contributed by atoms with Crippen LogP contribution in [0.2, 0.25) is 0 Å². The minimum absolute atomic E-state index is 0.684. The Labute approximate surface area is 403 Å². The van der Waals surface area contributed by atoms with Crippen LogP contribution in [0.3, 0.4) is 0 Å². The second kappa shape index (κ2) is 16.1. The Morgan fingerprint density at radius 2 is 0.771 bits per heavy atom. The maximum absolute atomic E-state index is 5.57. The van der Waals surface area contributed by atoms with Gasteiger partial charge in [0.05, 0.1) is 44.7 Å². The van der Waals surface area contributed by atoms with Gasteiger partial charge in [0.25, 0.3) is 0 Å². The number of pyridine rings is 1. The van der Waals surface area contributed by atoms with Crippen molar-refractivity contribution in [1.29, 1.82) is 0 Å². The Morgan fingerprint density at radius 3 is 1.47 bits per heavy atom. The van der Waals surface area contributed by atoms with Crippen molar-refractivity contribution in [3.8, 4) is 67.7 Å². The summed E-state index contributed by atoms with van der Waals surface area (Å²) in [6, 6.07) is 88.4. The zero-order chi connectivity index (χ0) is 46.1. The standard InChI is InChI=1S/C65H41N5/c1-4-17-44(18-5-1)64-63-53(37-38-61-62(63)54-27-12-15-30-60(54)69(61)48-22-8-3-9-23-48)50-36-35-46(40-57(50)66-64)42-31-33-43(34-32-42)55-41-56(68-65(67-55)45-19-6-2-7-20-45)47-21-16-24-49(39-47)70-58-28-13-10-25-51(58)52-26-11-14-29-59(52)70/h1-41H. The number of para-hydroxylation sites is 4. The summed E-state index contributed by atoms with van der Waals surface area (Å²) < 4.78 is 4.73. The van der Waals surface area contributed by atoms with Crippen LogP contribution in [-0.4, -0.2) is 24.1 Å². The molecule has 326 valence electrons. The summed E-state index contributed by atoms with van der Waals surface area (Å²) in [5.74, 6) is 0.684. The molecule has 70 heavy (non-hydrogen) atoms. The number of aromatic nitrogens is 5. The SMILES string of the molecule is c1ccc(-c2nc(-c3ccc(-c4ccc5c(c4)nc(-c4ccccc4)c4c5ccc5c4c4ccccc4n5-c4ccccc4)cc3)cc(-c3cccc(-n4c5ccccc5c5ccccc54)c3)n2)cc1. The fraction of sp³-hybridized carbons (Fsp3) is 0. The van der Waals surface area contributed by atoms with Gasteiger partial charge in [-0.15, -0.1) is 0 Å². The van der Waals surface area contributed by atoms with E-state index in [0.29, 0.717) is 5.82 Å². The number of nitrogens with zero attached hydrogens (tertiary/aromatic N) is 5. The first-order chi connectivity index (χ1) is 34.7. The highest BCUT2D eigenvalue weighted by molar-refractivity contribution is 6.28. The zero-order valence-corrected chi connectivity index (χ0v) is 37.9. The van der Waals surface area contributed by atoms with E-state index in [1.54, 1.807) is 0 Å². The van der Waals surface area contributed by atoms with Gasteiger partial charge in [-0.3, -0.25) is 0 Å². The topological polar surface area (TPSA) is 48.5 Å². The highest BCUT2D eigenvalue weighted by Gasteiger charge is 2.21. The van der Waals surface area contributed by atoms with Crippen molar-refractivity contribution in [3.63, 3.8) is 0 Å². The molecule has 0 saturated carbocycles. The summed E-state index contributed by atoms with van der Waals surface area (Å²) in [6.07, 6.45) is 0. The molecule has 0 fully saturated rings. The molecule has 14 aromatic rings. The first-order valence-electron chi connectivity index (χ1n) is 23.8. The summed E-state index contributed by atoms with van der Waals surface area (Å²) >= 11 is 0. The monoisotopic (exact) mass is 891 g/mol. The Morgan fingerprint density at radius 1 is 0.257 bits per heavy atom. The van der Waals surface area contributed by atoms with Crippen molar-refractivity contribution in [3.05, 3.63) is 249 Å². The molecule has 0 spiro atoms. The molecule has 5 nitrogen and oxygen atoms in total. The van der Waals surface area contributed by atoms with E-state index < -0.39 is 0 Å². The summed E-state index contributed by atoms with van der Waals surface area (Å²) in [7, 11) is 0. The van der Waals surface area contributed by atoms with E-state index in [-0.39, 0.29) is 0 Å². The number of fused-ring (bicyclic) bond motifs is 10. The third-order valence-corrected chi connectivity index (χ3v) is 13.9. The van der Waals surface area contributed by atoms with E-state index in [1.165, 1.54) is 43.5 Å². The van der Waals surface area contributed by atoms with Gasteiger partial charge in [-0.1, -0.05) is 188 Å². The third-order valence-electron chi connectivity index (χ3n) is 13.9. The van der Waals surface area contributed by atoms with Gasteiger partial charge in [0.1, 0.15) is 0 Å². The van der Waals surface area contributed by atoms with Crippen molar-refractivity contribution in [2.75, 3.05) is 0 Å². The quantitative estimate of drug-likeness (QED) is 0.150. The van der Waals surface area contributed by atoms with E-state index in [9.17, 15) is 0 Å². The molecular formula is C65H41N5. The number of benzene rings is 10. The number of hydrogen-bond donors (Lipinski definition) is 0. The van der Waals surface area contributed by atoms with Gasteiger partial charge in [-0.25, -0.2) is 15.0 Å². The van der Waals surface area contributed by atoms with E-state index in [2.05, 4.69) is 240 Å². The number of rotatable bonds is 7. The fourth-order valence-corrected chi connectivity index (χ4v) is 10.7. The lowest BCUT2D eigenvalue weighted by molar-refractivity contribution is 1.16. The van der Waals surface area contributed by atoms with Crippen LogP contribution in [0.4, 0.5) is 0 Å². The van der Waals surface area contributed by atoms with Crippen molar-refractivity contribution in [2.24, 2.45) is 0 Å². The summed E-state index contributed by atoms with van der Waals surface area (Å²) in [5, 5.41) is 8.36. The van der Waals surface area contributed by atoms with Crippen LogP contribution in [0.15, 0.2) is 249 Å². The van der Waals surface area contributed by atoms with E-state index in [4.69, 9.17) is 15.0 Å². The predicted molar refractivity (Wildman–Crippen MR) is 291 cm³/mol. The van der Waals surface area contributed by atoms with Crippen LogP contribution in [0.25, 0.3) is 133 Å². The largest absolute Gasteiger partial charge is 0.309 e. The molecule has 0 radical (unpaired) electrons. The molecule has 0 aliphatic heterocycles. The molecule has 0 saturated heterocycles. The van der Waals surface area contributed by atoms with Crippen LogP contribution < -0.4 is 0 Å². The van der Waals surface area contributed by atoms with Crippen LogP contribution in [0.5, 0.6) is 0 Å². The Balaban J connectivity index is 0.882. The van der Waals surface area contributed by atoms with Crippen LogP contribution in [0, 0.1) is 0 Å². The fourth-order valence-electron chi connectivity index (χ4n) is 10.7. The van der Waals surface area contributed by atoms with Crippen molar-refractivity contribution < 1.29 is 0 Å². The molecule has 14 rings (SSSR count). The Kier molecular flexibility index (Phi) is 9.14. The van der Waals surface area contributed by atoms with Gasteiger partial charge in [0.15, 0.2) is 5.82 Å². The van der Waals surface area contributed by atoms with Gasteiger partial charge in [-0.2, -0.15) is 0 Å². The number of hydrogen-bond acceptors (Lipinski definition) is 3. The normalized spacial score (nSPS) is 11.7. The summed E-state index contributed by atoms with van der Waals surface area (Å²) in [4.78, 5) is 16.0. The predicted octanol–water partition coefficient (Wildman–Crippen LogP) is 16.7. The second-order valence-electron chi connectivity index (χ2n) is 18.0. The van der Waals surface area contributed by atoms with Crippen molar-refractivity contribution in [1.82, 2.24) is 24.1 Å². The first-order valence-corrected chi connectivity index (χ1v) is 23.8. The van der Waals surface area contributed by atoms with E-state index in [1.807, 2.05) is 18.2 Å². The summed E-state index contributed by atoms with van der Waals surface area (Å²) in [6.45, 7) is 0. The molecule has 0 aliphatic carbocycles. The minimum Gasteiger partial charge on any atom is -0.309 e. The molecule has 0 N–H and O–H groups in total. The molecule has 0 bridgehead atoms. The average Bonchev–Trinajstić information content (AvgIpc) is 3.96. The Bertz CT molecular complexity index is 4270. The Hall–Kier alpha value is -9.45. The second-order valence-corrected chi connectivity index (χ2v) is 18.0. The lowest BCUT2D eigenvalue weighted by Crippen LogP contribution is -1.98. The molecule has 10 aromatic carbocycles. The van der Waals surface area contributed by atoms with Gasteiger partial charge in [-0.05, 0) is 77.2 Å². The highest BCUT2D eigenvalue weighted by atomic mass is 15.0. The molecule has 0 atom stereocenters. The van der Waals surface area contributed by atoms with Gasteiger partial charge < -0.3 is 9.13 Å². The third kappa shape index (κ3) is 6.44. The first kappa shape index (κ1) is 39.7. The maximum atomic E-state index is 5.57. The highest BCUT2D eigenvalue weighted by Crippen LogP contribution is 2.43. The lowest BCUT2D eigenvalue weighted by atomic mass is 9.94. The van der Waals surface area contributed by atoms with Gasteiger partial charge in [0.2, 0.25) is 0 Å². The molecule has 5 heteroatoms. The van der Waals surface area contributed by atoms with Gasteiger partial charge >= 0.3 is 0 Å².